The number of carbonyl (C=O) groups is 1. The largest absolute Gasteiger partial charge is 0.419 e. The molecule has 1 aromatic carbocycles. The van der Waals surface area contributed by atoms with Crippen LogP contribution in [0.3, 0.4) is 0 Å². The van der Waals surface area contributed by atoms with Gasteiger partial charge in [-0.1, -0.05) is 0 Å². The minimum absolute atomic E-state index is 0.232. The molecular formula is C15H17F4NO2. The molecule has 1 aliphatic rings. The van der Waals surface area contributed by atoms with E-state index in [-0.39, 0.29) is 5.56 Å². The van der Waals surface area contributed by atoms with Crippen LogP contribution in [0.25, 0.3) is 0 Å². The Hall–Kier alpha value is -1.63. The summed E-state index contributed by atoms with van der Waals surface area (Å²) >= 11 is 0. The summed E-state index contributed by atoms with van der Waals surface area (Å²) in [6, 6.07) is 1.73. The molecule has 0 aliphatic carbocycles. The second-order valence-electron chi connectivity index (χ2n) is 6.00. The average Bonchev–Trinajstić information content (AvgIpc) is 2.86. The van der Waals surface area contributed by atoms with Gasteiger partial charge in [0.1, 0.15) is 5.82 Å². The average molecular weight is 319 g/mol. The van der Waals surface area contributed by atoms with E-state index < -0.39 is 35.1 Å². The Balaban J connectivity index is 2.34. The first-order valence-corrected chi connectivity index (χ1v) is 6.92. The summed E-state index contributed by atoms with van der Waals surface area (Å²) in [6.07, 6.45) is -3.63. The van der Waals surface area contributed by atoms with Crippen molar-refractivity contribution in [2.75, 3.05) is 6.54 Å². The van der Waals surface area contributed by atoms with E-state index in [9.17, 15) is 27.5 Å². The van der Waals surface area contributed by atoms with Crippen LogP contribution in [0.15, 0.2) is 18.2 Å². The first-order valence-electron chi connectivity index (χ1n) is 6.92. The summed E-state index contributed by atoms with van der Waals surface area (Å²) in [4.78, 5) is 13.8. The van der Waals surface area contributed by atoms with Crippen LogP contribution in [-0.4, -0.2) is 34.1 Å². The molecule has 1 fully saturated rings. The topological polar surface area (TPSA) is 40.5 Å². The van der Waals surface area contributed by atoms with Crippen molar-refractivity contribution in [1.29, 1.82) is 0 Å². The van der Waals surface area contributed by atoms with Gasteiger partial charge in [-0.25, -0.2) is 4.39 Å². The molecule has 0 spiro atoms. The number of aliphatic hydroxyl groups is 1. The first-order chi connectivity index (χ1) is 10.0. The van der Waals surface area contributed by atoms with Gasteiger partial charge in [0.2, 0.25) is 0 Å². The predicted octanol–water partition coefficient (Wildman–Crippen LogP) is 3.22. The quantitative estimate of drug-likeness (QED) is 0.850. The molecule has 22 heavy (non-hydrogen) atoms. The van der Waals surface area contributed by atoms with Crippen molar-refractivity contribution in [2.45, 2.75) is 44.5 Å². The zero-order valence-corrected chi connectivity index (χ0v) is 12.2. The number of likely N-dealkylation sites (tertiary alicyclic amines) is 1. The second kappa shape index (κ2) is 5.53. The molecule has 0 bridgehead atoms. The number of halogens is 4. The molecule has 1 heterocycles. The fourth-order valence-electron chi connectivity index (χ4n) is 2.79. The maximum atomic E-state index is 13.3. The Labute approximate surface area is 125 Å². The molecule has 1 aromatic rings. The smallest absolute Gasteiger partial charge is 0.388 e. The maximum absolute atomic E-state index is 13.3. The highest BCUT2D eigenvalue weighted by molar-refractivity contribution is 5.95. The minimum atomic E-state index is -4.86. The lowest BCUT2D eigenvalue weighted by Crippen LogP contribution is -2.48. The van der Waals surface area contributed by atoms with E-state index in [1.807, 2.05) is 0 Å². The van der Waals surface area contributed by atoms with Crippen molar-refractivity contribution in [3.05, 3.63) is 35.1 Å². The summed E-state index contributed by atoms with van der Waals surface area (Å²) in [5.41, 5.74) is -2.85. The van der Waals surface area contributed by atoms with Crippen LogP contribution in [0.5, 0.6) is 0 Å². The fourth-order valence-corrected chi connectivity index (χ4v) is 2.79. The van der Waals surface area contributed by atoms with Crippen LogP contribution in [-0.2, 0) is 6.18 Å². The lowest BCUT2D eigenvalue weighted by molar-refractivity contribution is -0.140. The van der Waals surface area contributed by atoms with E-state index in [4.69, 9.17) is 0 Å². The molecule has 1 atom stereocenters. The monoisotopic (exact) mass is 319 g/mol. The Morgan fingerprint density at radius 1 is 1.32 bits per heavy atom. The summed E-state index contributed by atoms with van der Waals surface area (Å²) in [6.45, 7) is 3.45. The van der Waals surface area contributed by atoms with Gasteiger partial charge in [0.25, 0.3) is 5.91 Å². The van der Waals surface area contributed by atoms with Crippen LogP contribution in [0.4, 0.5) is 17.6 Å². The molecule has 0 aromatic heterocycles. The molecule has 1 amide bonds. The molecule has 0 saturated carbocycles. The first kappa shape index (κ1) is 16.7. The number of benzene rings is 1. The van der Waals surface area contributed by atoms with Crippen LogP contribution in [0.2, 0.25) is 0 Å². The highest BCUT2D eigenvalue weighted by Crippen LogP contribution is 2.33. The van der Waals surface area contributed by atoms with Crippen molar-refractivity contribution < 1.29 is 27.5 Å². The normalized spacial score (nSPS) is 19.6. The Bertz CT molecular complexity index is 578. The SMILES string of the molecule is CC(C)(O)C1CCCN1C(=O)c1ccc(F)c(C(F)(F)F)c1. The molecule has 122 valence electrons. The van der Waals surface area contributed by atoms with E-state index in [0.29, 0.717) is 31.5 Å². The number of amides is 1. The van der Waals surface area contributed by atoms with Crippen LogP contribution < -0.4 is 0 Å². The number of hydrogen-bond donors (Lipinski definition) is 1. The number of alkyl halides is 3. The van der Waals surface area contributed by atoms with Crippen molar-refractivity contribution in [3.8, 4) is 0 Å². The van der Waals surface area contributed by atoms with Gasteiger partial charge in [-0.2, -0.15) is 13.2 Å². The Kier molecular flexibility index (Phi) is 4.21. The van der Waals surface area contributed by atoms with Crippen LogP contribution in [0, 0.1) is 5.82 Å². The fraction of sp³-hybridized carbons (Fsp3) is 0.533. The number of carbonyl (C=O) groups excluding carboxylic acids is 1. The summed E-state index contributed by atoms with van der Waals surface area (Å²) in [7, 11) is 0. The molecule has 0 radical (unpaired) electrons. The molecule has 1 aliphatic heterocycles. The van der Waals surface area contributed by atoms with E-state index in [1.54, 1.807) is 13.8 Å². The van der Waals surface area contributed by atoms with Gasteiger partial charge in [-0.3, -0.25) is 4.79 Å². The minimum Gasteiger partial charge on any atom is -0.388 e. The zero-order chi connectivity index (χ0) is 16.7. The van der Waals surface area contributed by atoms with Crippen molar-refractivity contribution in [2.24, 2.45) is 0 Å². The van der Waals surface area contributed by atoms with Gasteiger partial charge in [-0.05, 0) is 44.9 Å². The summed E-state index contributed by atoms with van der Waals surface area (Å²) < 4.78 is 51.5. The third-order valence-electron chi connectivity index (χ3n) is 3.85. The van der Waals surface area contributed by atoms with Crippen molar-refractivity contribution in [3.63, 3.8) is 0 Å². The van der Waals surface area contributed by atoms with Gasteiger partial charge >= 0.3 is 6.18 Å². The highest BCUT2D eigenvalue weighted by Gasteiger charge is 2.40. The molecule has 1 saturated heterocycles. The second-order valence-corrected chi connectivity index (χ2v) is 6.00. The third kappa shape index (κ3) is 3.24. The zero-order valence-electron chi connectivity index (χ0n) is 12.2. The van der Waals surface area contributed by atoms with E-state index in [1.165, 1.54) is 4.90 Å². The van der Waals surface area contributed by atoms with Gasteiger partial charge in [0.15, 0.2) is 0 Å². The van der Waals surface area contributed by atoms with Gasteiger partial charge in [0, 0.05) is 12.1 Å². The number of nitrogens with zero attached hydrogens (tertiary/aromatic N) is 1. The standard InChI is InChI=1S/C15H17F4NO2/c1-14(2,22)12-4-3-7-20(12)13(21)9-5-6-11(16)10(8-9)15(17,18)19/h5-6,8,12,22H,3-4,7H2,1-2H3. The number of rotatable bonds is 2. The predicted molar refractivity (Wildman–Crippen MR) is 71.8 cm³/mol. The van der Waals surface area contributed by atoms with Crippen LogP contribution >= 0.6 is 0 Å². The third-order valence-corrected chi connectivity index (χ3v) is 3.85. The molecule has 2 rings (SSSR count). The van der Waals surface area contributed by atoms with E-state index in [0.717, 1.165) is 6.07 Å². The molecule has 7 heteroatoms. The lowest BCUT2D eigenvalue weighted by Gasteiger charge is -2.34. The number of hydrogen-bond acceptors (Lipinski definition) is 2. The Morgan fingerprint density at radius 3 is 2.50 bits per heavy atom. The summed E-state index contributed by atoms with van der Waals surface area (Å²) in [5, 5.41) is 10.1. The summed E-state index contributed by atoms with van der Waals surface area (Å²) in [5.74, 6) is -2.04. The van der Waals surface area contributed by atoms with Crippen LogP contribution in [0.1, 0.15) is 42.6 Å². The van der Waals surface area contributed by atoms with E-state index in [2.05, 4.69) is 0 Å². The maximum Gasteiger partial charge on any atom is 0.419 e. The molecule has 1 N–H and O–H groups in total. The van der Waals surface area contributed by atoms with Gasteiger partial charge in [-0.15, -0.1) is 0 Å². The van der Waals surface area contributed by atoms with Gasteiger partial charge in [0.05, 0.1) is 17.2 Å². The van der Waals surface area contributed by atoms with E-state index >= 15 is 0 Å². The highest BCUT2D eigenvalue weighted by atomic mass is 19.4. The molecular weight excluding hydrogens is 302 g/mol. The van der Waals surface area contributed by atoms with Crippen molar-refractivity contribution in [1.82, 2.24) is 4.90 Å². The molecule has 3 nitrogen and oxygen atoms in total. The van der Waals surface area contributed by atoms with Crippen molar-refractivity contribution >= 4 is 5.91 Å². The van der Waals surface area contributed by atoms with Gasteiger partial charge < -0.3 is 10.0 Å². The molecule has 1 unspecified atom stereocenters. The Morgan fingerprint density at radius 2 is 1.95 bits per heavy atom. The lowest BCUT2D eigenvalue weighted by atomic mass is 9.96.